The number of rotatable bonds is 7. The summed E-state index contributed by atoms with van der Waals surface area (Å²) in [5.41, 5.74) is 1.21. The van der Waals surface area contributed by atoms with Crippen molar-refractivity contribution in [1.82, 2.24) is 15.1 Å². The number of ether oxygens (including phenoxy) is 1. The first kappa shape index (κ1) is 19.0. The molecule has 134 valence electrons. The molecule has 1 saturated heterocycles. The first-order valence-corrected chi connectivity index (χ1v) is 8.62. The summed E-state index contributed by atoms with van der Waals surface area (Å²) >= 11 is 0. The third-order valence-corrected chi connectivity index (χ3v) is 4.71. The van der Waals surface area contributed by atoms with Crippen LogP contribution in [0.25, 0.3) is 0 Å². The second-order valence-corrected chi connectivity index (χ2v) is 6.39. The molecule has 2 fully saturated rings. The van der Waals surface area contributed by atoms with Crippen molar-refractivity contribution >= 4 is 18.3 Å². The molecule has 1 aromatic rings. The summed E-state index contributed by atoms with van der Waals surface area (Å²) in [6, 6.07) is 8.81. The Bertz CT molecular complexity index is 531. The SMILES string of the molecule is COc1ccccc1CN(CCC(=O)N1CCNCC1)C1CC1.Cl. The van der Waals surface area contributed by atoms with E-state index in [0.717, 1.165) is 45.0 Å². The maximum atomic E-state index is 12.4. The lowest BCUT2D eigenvalue weighted by molar-refractivity contribution is -0.132. The average Bonchev–Trinajstić information content (AvgIpc) is 3.44. The Kier molecular flexibility index (Phi) is 7.34. The minimum Gasteiger partial charge on any atom is -0.496 e. The number of piperazine rings is 1. The van der Waals surface area contributed by atoms with Gasteiger partial charge in [-0.3, -0.25) is 9.69 Å². The second-order valence-electron chi connectivity index (χ2n) is 6.39. The topological polar surface area (TPSA) is 44.8 Å². The summed E-state index contributed by atoms with van der Waals surface area (Å²) < 4.78 is 5.46. The molecule has 0 unspecified atom stereocenters. The molecule has 1 aliphatic carbocycles. The van der Waals surface area contributed by atoms with Crippen LogP contribution >= 0.6 is 12.4 Å². The van der Waals surface area contributed by atoms with Crippen molar-refractivity contribution in [3.8, 4) is 5.75 Å². The van der Waals surface area contributed by atoms with Gasteiger partial charge < -0.3 is 15.0 Å². The summed E-state index contributed by atoms with van der Waals surface area (Å²) in [4.78, 5) is 16.8. The van der Waals surface area contributed by atoms with Gasteiger partial charge in [-0.25, -0.2) is 0 Å². The molecular formula is C18H28ClN3O2. The highest BCUT2D eigenvalue weighted by Crippen LogP contribution is 2.30. The van der Waals surface area contributed by atoms with E-state index in [4.69, 9.17) is 4.74 Å². The van der Waals surface area contributed by atoms with Gasteiger partial charge in [-0.1, -0.05) is 18.2 Å². The molecule has 1 saturated carbocycles. The van der Waals surface area contributed by atoms with Gasteiger partial charge in [-0.05, 0) is 18.9 Å². The third-order valence-electron chi connectivity index (χ3n) is 4.71. The molecule has 24 heavy (non-hydrogen) atoms. The number of amides is 1. The molecule has 1 amide bonds. The van der Waals surface area contributed by atoms with Gasteiger partial charge in [0.05, 0.1) is 7.11 Å². The van der Waals surface area contributed by atoms with E-state index < -0.39 is 0 Å². The molecule has 6 heteroatoms. The summed E-state index contributed by atoms with van der Waals surface area (Å²) in [7, 11) is 1.72. The van der Waals surface area contributed by atoms with Crippen molar-refractivity contribution in [3.63, 3.8) is 0 Å². The Hall–Kier alpha value is -1.30. The molecule has 2 aliphatic rings. The fourth-order valence-corrected chi connectivity index (χ4v) is 3.19. The average molecular weight is 354 g/mol. The minimum absolute atomic E-state index is 0. The van der Waals surface area contributed by atoms with E-state index in [9.17, 15) is 4.79 Å². The summed E-state index contributed by atoms with van der Waals surface area (Å²) in [5.74, 6) is 1.23. The molecule has 0 radical (unpaired) electrons. The number of halogens is 1. The minimum atomic E-state index is 0. The molecule has 1 N–H and O–H groups in total. The lowest BCUT2D eigenvalue weighted by Gasteiger charge is -2.29. The van der Waals surface area contributed by atoms with E-state index in [0.29, 0.717) is 12.5 Å². The smallest absolute Gasteiger partial charge is 0.223 e. The Morgan fingerprint density at radius 1 is 1.29 bits per heavy atom. The number of hydrogen-bond acceptors (Lipinski definition) is 4. The van der Waals surface area contributed by atoms with Gasteiger partial charge >= 0.3 is 0 Å². The number of carbonyl (C=O) groups is 1. The largest absolute Gasteiger partial charge is 0.496 e. The van der Waals surface area contributed by atoms with Crippen molar-refractivity contribution in [2.24, 2.45) is 0 Å². The van der Waals surface area contributed by atoms with Gasteiger partial charge in [-0.2, -0.15) is 0 Å². The molecule has 1 heterocycles. The molecule has 0 spiro atoms. The first-order valence-electron chi connectivity index (χ1n) is 8.62. The van der Waals surface area contributed by atoms with Crippen LogP contribution in [-0.2, 0) is 11.3 Å². The first-order chi connectivity index (χ1) is 11.3. The number of benzene rings is 1. The fraction of sp³-hybridized carbons (Fsp3) is 0.611. The number of carbonyl (C=O) groups excluding carboxylic acids is 1. The number of para-hydroxylation sites is 1. The molecule has 0 aromatic heterocycles. The molecular weight excluding hydrogens is 326 g/mol. The highest BCUT2D eigenvalue weighted by Gasteiger charge is 2.30. The highest BCUT2D eigenvalue weighted by molar-refractivity contribution is 5.85. The fourth-order valence-electron chi connectivity index (χ4n) is 3.19. The number of hydrogen-bond donors (Lipinski definition) is 1. The molecule has 0 bridgehead atoms. The molecule has 0 atom stereocenters. The highest BCUT2D eigenvalue weighted by atomic mass is 35.5. The van der Waals surface area contributed by atoms with Gasteiger partial charge in [0.2, 0.25) is 5.91 Å². The van der Waals surface area contributed by atoms with Gasteiger partial charge in [0, 0.05) is 57.3 Å². The molecule has 1 aromatic carbocycles. The van der Waals surface area contributed by atoms with Crippen molar-refractivity contribution in [3.05, 3.63) is 29.8 Å². The summed E-state index contributed by atoms with van der Waals surface area (Å²) in [6.07, 6.45) is 3.11. The van der Waals surface area contributed by atoms with Crippen LogP contribution in [0, 0.1) is 0 Å². The zero-order valence-corrected chi connectivity index (χ0v) is 15.2. The van der Waals surface area contributed by atoms with Crippen molar-refractivity contribution in [2.45, 2.75) is 31.8 Å². The van der Waals surface area contributed by atoms with E-state index in [1.54, 1.807) is 7.11 Å². The quantitative estimate of drug-likeness (QED) is 0.813. The molecule has 1 aliphatic heterocycles. The Morgan fingerprint density at radius 2 is 2.00 bits per heavy atom. The van der Waals surface area contributed by atoms with Crippen LogP contribution in [0.1, 0.15) is 24.8 Å². The number of nitrogens with zero attached hydrogens (tertiary/aromatic N) is 2. The van der Waals surface area contributed by atoms with Crippen LogP contribution in [0.5, 0.6) is 5.75 Å². The molecule has 3 rings (SSSR count). The third kappa shape index (κ3) is 5.10. The Morgan fingerprint density at radius 3 is 2.67 bits per heavy atom. The maximum Gasteiger partial charge on any atom is 0.223 e. The predicted octanol–water partition coefficient (Wildman–Crippen LogP) is 1.90. The Labute approximate surface area is 150 Å². The van der Waals surface area contributed by atoms with Crippen LogP contribution in [0.4, 0.5) is 0 Å². The van der Waals surface area contributed by atoms with Gasteiger partial charge in [-0.15, -0.1) is 12.4 Å². The summed E-state index contributed by atoms with van der Waals surface area (Å²) in [6.45, 7) is 5.22. The second kappa shape index (κ2) is 9.25. The zero-order valence-electron chi connectivity index (χ0n) is 14.4. The lowest BCUT2D eigenvalue weighted by Crippen LogP contribution is -2.47. The van der Waals surface area contributed by atoms with Gasteiger partial charge in [0.1, 0.15) is 5.75 Å². The van der Waals surface area contributed by atoms with E-state index in [2.05, 4.69) is 22.3 Å². The van der Waals surface area contributed by atoms with Crippen LogP contribution in [0.15, 0.2) is 24.3 Å². The van der Waals surface area contributed by atoms with Gasteiger partial charge in [0.25, 0.3) is 0 Å². The Balaban J connectivity index is 0.00000208. The van der Waals surface area contributed by atoms with Crippen LogP contribution in [-0.4, -0.2) is 61.6 Å². The van der Waals surface area contributed by atoms with E-state index >= 15 is 0 Å². The van der Waals surface area contributed by atoms with Crippen molar-refractivity contribution in [1.29, 1.82) is 0 Å². The van der Waals surface area contributed by atoms with Crippen molar-refractivity contribution in [2.75, 3.05) is 39.8 Å². The van der Waals surface area contributed by atoms with Crippen LogP contribution < -0.4 is 10.1 Å². The normalized spacial score (nSPS) is 17.5. The predicted molar refractivity (Wildman–Crippen MR) is 97.7 cm³/mol. The molecule has 5 nitrogen and oxygen atoms in total. The van der Waals surface area contributed by atoms with E-state index in [1.807, 2.05) is 17.0 Å². The van der Waals surface area contributed by atoms with Crippen LogP contribution in [0.2, 0.25) is 0 Å². The monoisotopic (exact) mass is 353 g/mol. The van der Waals surface area contributed by atoms with Gasteiger partial charge in [0.15, 0.2) is 0 Å². The zero-order chi connectivity index (χ0) is 16.1. The lowest BCUT2D eigenvalue weighted by atomic mass is 10.1. The van der Waals surface area contributed by atoms with Crippen molar-refractivity contribution < 1.29 is 9.53 Å². The number of nitrogens with one attached hydrogen (secondary N) is 1. The summed E-state index contributed by atoms with van der Waals surface area (Å²) in [5, 5.41) is 3.29. The standard InChI is InChI=1S/C18H27N3O2.ClH/c1-23-17-5-3-2-4-15(17)14-21(16-6-7-16)11-8-18(22)20-12-9-19-10-13-20;/h2-5,16,19H,6-14H2,1H3;1H. The van der Waals surface area contributed by atoms with Crippen LogP contribution in [0.3, 0.4) is 0 Å². The maximum absolute atomic E-state index is 12.4. The van der Waals surface area contributed by atoms with E-state index in [-0.39, 0.29) is 18.3 Å². The number of methoxy groups -OCH3 is 1. The van der Waals surface area contributed by atoms with E-state index in [1.165, 1.54) is 18.4 Å².